The highest BCUT2D eigenvalue weighted by molar-refractivity contribution is 5.58. The van der Waals surface area contributed by atoms with Crippen LogP contribution in [0.15, 0.2) is 48.5 Å². The Morgan fingerprint density at radius 1 is 0.818 bits per heavy atom. The van der Waals surface area contributed by atoms with Crippen LogP contribution in [-0.4, -0.2) is 5.54 Å². The Morgan fingerprint density at radius 2 is 1.27 bits per heavy atom. The molecular weight excluding hydrogens is 272 g/mol. The standard InChI is InChI=1S/C18H18N4/c1-18(2,3)22(17-10-6-15(13-20)7-11-17)21-16-8-4-14(12-19)5-9-16/h4-11,21H,1-3H3. The lowest BCUT2D eigenvalue weighted by Gasteiger charge is -2.38. The van der Waals surface area contributed by atoms with E-state index in [-0.39, 0.29) is 5.54 Å². The average Bonchev–Trinajstić information content (AvgIpc) is 2.52. The molecule has 110 valence electrons. The summed E-state index contributed by atoms with van der Waals surface area (Å²) in [5.41, 5.74) is 6.34. The second-order valence-corrected chi connectivity index (χ2v) is 5.97. The molecular formula is C18H18N4. The number of hydrogen-bond acceptors (Lipinski definition) is 4. The molecule has 0 radical (unpaired) electrons. The van der Waals surface area contributed by atoms with Crippen LogP contribution < -0.4 is 10.4 Å². The Bertz CT molecular complexity index is 710. The SMILES string of the molecule is CC(C)(C)N(Nc1ccc(C#N)cc1)c1ccc(C#N)cc1. The lowest BCUT2D eigenvalue weighted by atomic mass is 10.1. The lowest BCUT2D eigenvalue weighted by molar-refractivity contribution is 0.535. The van der Waals surface area contributed by atoms with E-state index in [1.54, 1.807) is 24.3 Å². The third-order valence-corrected chi connectivity index (χ3v) is 3.18. The van der Waals surface area contributed by atoms with Crippen molar-refractivity contribution in [2.24, 2.45) is 0 Å². The van der Waals surface area contributed by atoms with Gasteiger partial charge in [-0.1, -0.05) is 0 Å². The summed E-state index contributed by atoms with van der Waals surface area (Å²) < 4.78 is 0. The zero-order chi connectivity index (χ0) is 16.2. The van der Waals surface area contributed by atoms with Crippen LogP contribution in [0.3, 0.4) is 0 Å². The largest absolute Gasteiger partial charge is 0.298 e. The fourth-order valence-electron chi connectivity index (χ4n) is 2.05. The molecule has 0 spiro atoms. The zero-order valence-corrected chi connectivity index (χ0v) is 13.0. The van der Waals surface area contributed by atoms with Crippen molar-refractivity contribution < 1.29 is 0 Å². The second-order valence-electron chi connectivity index (χ2n) is 5.97. The number of hydrogen-bond donors (Lipinski definition) is 1. The predicted octanol–water partition coefficient (Wildman–Crippen LogP) is 4.06. The minimum absolute atomic E-state index is 0.165. The van der Waals surface area contributed by atoms with E-state index >= 15 is 0 Å². The van der Waals surface area contributed by atoms with Crippen molar-refractivity contribution in [3.8, 4) is 12.1 Å². The van der Waals surface area contributed by atoms with E-state index in [9.17, 15) is 0 Å². The van der Waals surface area contributed by atoms with Gasteiger partial charge in [-0.15, -0.1) is 0 Å². The Hall–Kier alpha value is -2.98. The van der Waals surface area contributed by atoms with Gasteiger partial charge in [0, 0.05) is 0 Å². The van der Waals surface area contributed by atoms with Gasteiger partial charge in [0.05, 0.1) is 40.2 Å². The summed E-state index contributed by atoms with van der Waals surface area (Å²) in [5.74, 6) is 0. The third kappa shape index (κ3) is 3.56. The molecule has 0 saturated heterocycles. The highest BCUT2D eigenvalue weighted by Gasteiger charge is 2.22. The molecule has 2 rings (SSSR count). The summed E-state index contributed by atoms with van der Waals surface area (Å²) in [6, 6.07) is 19.0. The Labute approximate surface area is 131 Å². The van der Waals surface area contributed by atoms with Crippen molar-refractivity contribution in [1.82, 2.24) is 0 Å². The highest BCUT2D eigenvalue weighted by atomic mass is 15.5. The molecule has 0 atom stereocenters. The molecule has 0 heterocycles. The highest BCUT2D eigenvalue weighted by Crippen LogP contribution is 2.25. The average molecular weight is 290 g/mol. The van der Waals surface area contributed by atoms with Crippen LogP contribution in [0.5, 0.6) is 0 Å². The predicted molar refractivity (Wildman–Crippen MR) is 88.2 cm³/mol. The molecule has 4 nitrogen and oxygen atoms in total. The van der Waals surface area contributed by atoms with Gasteiger partial charge in [0.25, 0.3) is 0 Å². The van der Waals surface area contributed by atoms with E-state index in [0.717, 1.165) is 11.4 Å². The fraction of sp³-hybridized carbons (Fsp3) is 0.222. The molecule has 2 aromatic rings. The molecule has 0 aromatic heterocycles. The maximum atomic E-state index is 8.91. The smallest absolute Gasteiger partial charge is 0.0991 e. The van der Waals surface area contributed by atoms with E-state index in [0.29, 0.717) is 11.1 Å². The van der Waals surface area contributed by atoms with Crippen LogP contribution in [0.25, 0.3) is 0 Å². The number of anilines is 2. The number of nitrogens with one attached hydrogen (secondary N) is 1. The quantitative estimate of drug-likeness (QED) is 0.866. The number of hydrazine groups is 1. The monoisotopic (exact) mass is 290 g/mol. The molecule has 0 unspecified atom stereocenters. The normalized spacial score (nSPS) is 10.4. The minimum atomic E-state index is -0.165. The number of nitrogens with zero attached hydrogens (tertiary/aromatic N) is 3. The molecule has 22 heavy (non-hydrogen) atoms. The van der Waals surface area contributed by atoms with Gasteiger partial charge in [0.2, 0.25) is 0 Å². The van der Waals surface area contributed by atoms with E-state index in [1.165, 1.54) is 0 Å². The maximum Gasteiger partial charge on any atom is 0.0991 e. The number of benzene rings is 2. The van der Waals surface area contributed by atoms with Gasteiger partial charge >= 0.3 is 0 Å². The molecule has 0 fully saturated rings. The summed E-state index contributed by atoms with van der Waals surface area (Å²) in [6.07, 6.45) is 0. The molecule has 0 saturated carbocycles. The first-order chi connectivity index (χ1) is 10.4. The minimum Gasteiger partial charge on any atom is -0.298 e. The lowest BCUT2D eigenvalue weighted by Crippen LogP contribution is -2.45. The van der Waals surface area contributed by atoms with Gasteiger partial charge in [-0.2, -0.15) is 10.5 Å². The topological polar surface area (TPSA) is 62.9 Å². The van der Waals surface area contributed by atoms with Crippen LogP contribution in [-0.2, 0) is 0 Å². The van der Waals surface area contributed by atoms with Crippen molar-refractivity contribution in [2.75, 3.05) is 10.4 Å². The van der Waals surface area contributed by atoms with Gasteiger partial charge in [-0.05, 0) is 69.3 Å². The summed E-state index contributed by atoms with van der Waals surface area (Å²) in [4.78, 5) is 0. The van der Waals surface area contributed by atoms with Gasteiger partial charge in [0.1, 0.15) is 0 Å². The van der Waals surface area contributed by atoms with E-state index < -0.39 is 0 Å². The zero-order valence-electron chi connectivity index (χ0n) is 13.0. The summed E-state index contributed by atoms with van der Waals surface area (Å²) in [7, 11) is 0. The molecule has 0 amide bonds. The first-order valence-corrected chi connectivity index (χ1v) is 7.01. The molecule has 0 bridgehead atoms. The second kappa shape index (κ2) is 6.20. The summed E-state index contributed by atoms with van der Waals surface area (Å²) in [6.45, 7) is 6.30. The van der Waals surface area contributed by atoms with Crippen molar-refractivity contribution in [1.29, 1.82) is 10.5 Å². The number of rotatable bonds is 3. The third-order valence-electron chi connectivity index (χ3n) is 3.18. The van der Waals surface area contributed by atoms with Crippen molar-refractivity contribution in [2.45, 2.75) is 26.3 Å². The van der Waals surface area contributed by atoms with Crippen LogP contribution >= 0.6 is 0 Å². The molecule has 1 N–H and O–H groups in total. The Morgan fingerprint density at radius 3 is 1.68 bits per heavy atom. The summed E-state index contributed by atoms with van der Waals surface area (Å²) >= 11 is 0. The molecule has 2 aromatic carbocycles. The number of nitriles is 2. The maximum absolute atomic E-state index is 8.91. The van der Waals surface area contributed by atoms with Crippen LogP contribution in [0.4, 0.5) is 11.4 Å². The molecule has 0 aliphatic rings. The molecule has 0 aliphatic heterocycles. The van der Waals surface area contributed by atoms with Crippen molar-refractivity contribution >= 4 is 11.4 Å². The first-order valence-electron chi connectivity index (χ1n) is 7.01. The van der Waals surface area contributed by atoms with Gasteiger partial charge in [-0.3, -0.25) is 10.4 Å². The molecule has 4 heteroatoms. The first kappa shape index (κ1) is 15.4. The Balaban J connectivity index is 2.30. The fourth-order valence-corrected chi connectivity index (χ4v) is 2.05. The van der Waals surface area contributed by atoms with E-state index in [1.807, 2.05) is 29.3 Å². The van der Waals surface area contributed by atoms with Crippen molar-refractivity contribution in [3.05, 3.63) is 59.7 Å². The van der Waals surface area contributed by atoms with E-state index in [4.69, 9.17) is 10.5 Å². The van der Waals surface area contributed by atoms with Crippen LogP contribution in [0, 0.1) is 22.7 Å². The Kier molecular flexibility index (Phi) is 4.34. The van der Waals surface area contributed by atoms with Crippen LogP contribution in [0.1, 0.15) is 31.9 Å². The van der Waals surface area contributed by atoms with Crippen LogP contribution in [0.2, 0.25) is 0 Å². The van der Waals surface area contributed by atoms with E-state index in [2.05, 4.69) is 38.3 Å². The van der Waals surface area contributed by atoms with Crippen molar-refractivity contribution in [3.63, 3.8) is 0 Å². The van der Waals surface area contributed by atoms with Gasteiger partial charge in [0.15, 0.2) is 0 Å². The molecule has 0 aliphatic carbocycles. The van der Waals surface area contributed by atoms with Gasteiger partial charge < -0.3 is 0 Å². The van der Waals surface area contributed by atoms with Gasteiger partial charge in [-0.25, -0.2) is 0 Å². The summed E-state index contributed by atoms with van der Waals surface area (Å²) in [5, 5.41) is 19.8.